The molecule has 1 aromatic heterocycles. The van der Waals surface area contributed by atoms with E-state index in [9.17, 15) is 14.3 Å². The molecule has 21 heavy (non-hydrogen) atoms. The lowest BCUT2D eigenvalue weighted by Crippen LogP contribution is -2.28. The van der Waals surface area contributed by atoms with Gasteiger partial charge < -0.3 is 14.8 Å². The summed E-state index contributed by atoms with van der Waals surface area (Å²) in [6.07, 6.45) is 1.32. The van der Waals surface area contributed by atoms with Gasteiger partial charge in [0.25, 0.3) is 0 Å². The van der Waals surface area contributed by atoms with Crippen molar-refractivity contribution in [1.29, 1.82) is 0 Å². The monoisotopic (exact) mass is 311 g/mol. The van der Waals surface area contributed by atoms with E-state index in [-0.39, 0.29) is 23.9 Å². The second-order valence-electron chi connectivity index (χ2n) is 4.57. The van der Waals surface area contributed by atoms with Crippen LogP contribution in [-0.2, 0) is 11.2 Å². The van der Waals surface area contributed by atoms with Crippen LogP contribution in [0.5, 0.6) is 0 Å². The Morgan fingerprint density at radius 1 is 1.43 bits per heavy atom. The van der Waals surface area contributed by atoms with Gasteiger partial charge in [-0.2, -0.15) is 0 Å². The minimum Gasteiger partial charge on any atom is -0.469 e. The predicted octanol–water partition coefficient (Wildman–Crippen LogP) is 2.85. The number of carbonyl (C=O) groups is 1. The Labute approximate surface area is 126 Å². The molecule has 2 N–H and O–H groups in total. The smallest absolute Gasteiger partial charge is 0.220 e. The molecule has 0 saturated heterocycles. The van der Waals surface area contributed by atoms with E-state index >= 15 is 0 Å². The van der Waals surface area contributed by atoms with E-state index in [2.05, 4.69) is 5.32 Å². The minimum atomic E-state index is -0.982. The summed E-state index contributed by atoms with van der Waals surface area (Å²) in [5, 5.41) is 12.5. The number of hydrogen-bond acceptors (Lipinski definition) is 3. The van der Waals surface area contributed by atoms with E-state index in [1.165, 1.54) is 12.1 Å². The second-order valence-corrected chi connectivity index (χ2v) is 4.98. The Bertz CT molecular complexity index is 601. The first-order chi connectivity index (χ1) is 10.1. The number of aliphatic hydroxyl groups excluding tert-OH is 1. The molecule has 1 aromatic carbocycles. The van der Waals surface area contributed by atoms with Gasteiger partial charge in [-0.05, 0) is 29.8 Å². The van der Waals surface area contributed by atoms with Crippen LogP contribution in [0.15, 0.2) is 41.0 Å². The number of benzene rings is 1. The molecule has 2 aromatic rings. The van der Waals surface area contributed by atoms with E-state index in [4.69, 9.17) is 16.0 Å². The van der Waals surface area contributed by atoms with E-state index < -0.39 is 11.9 Å². The van der Waals surface area contributed by atoms with Crippen molar-refractivity contribution in [3.05, 3.63) is 58.8 Å². The molecule has 2 rings (SSSR count). The Kier molecular flexibility index (Phi) is 5.36. The molecule has 112 valence electrons. The molecule has 0 aliphatic carbocycles. The average Bonchev–Trinajstić information content (AvgIpc) is 2.98. The van der Waals surface area contributed by atoms with Gasteiger partial charge in [0.1, 0.15) is 11.6 Å². The minimum absolute atomic E-state index is 0.00608. The van der Waals surface area contributed by atoms with Gasteiger partial charge in [-0.3, -0.25) is 4.79 Å². The van der Waals surface area contributed by atoms with Crippen molar-refractivity contribution in [2.24, 2.45) is 0 Å². The first-order valence-corrected chi connectivity index (χ1v) is 6.86. The first kappa shape index (κ1) is 15.5. The van der Waals surface area contributed by atoms with Crippen LogP contribution in [0.3, 0.4) is 0 Å². The quantitative estimate of drug-likeness (QED) is 0.862. The number of halogens is 2. The third-order valence-electron chi connectivity index (χ3n) is 3.00. The fraction of sp³-hybridized carbons (Fsp3) is 0.267. The lowest BCUT2D eigenvalue weighted by atomic mass is 10.1. The molecule has 0 aliphatic heterocycles. The first-order valence-electron chi connectivity index (χ1n) is 6.48. The van der Waals surface area contributed by atoms with Gasteiger partial charge in [-0.25, -0.2) is 4.39 Å². The fourth-order valence-electron chi connectivity index (χ4n) is 1.83. The SMILES string of the molecule is O=C(CCc1ccco1)NCC(O)c1ccc(Cl)c(F)c1. The van der Waals surface area contributed by atoms with Crippen molar-refractivity contribution in [3.63, 3.8) is 0 Å². The van der Waals surface area contributed by atoms with Crippen molar-refractivity contribution in [1.82, 2.24) is 5.32 Å². The van der Waals surface area contributed by atoms with Gasteiger partial charge in [0, 0.05) is 19.4 Å². The molecule has 1 unspecified atom stereocenters. The molecule has 1 amide bonds. The van der Waals surface area contributed by atoms with Crippen LogP contribution in [0, 0.1) is 5.82 Å². The highest BCUT2D eigenvalue weighted by Crippen LogP contribution is 2.19. The summed E-state index contributed by atoms with van der Waals surface area (Å²) in [5.41, 5.74) is 0.364. The normalized spacial score (nSPS) is 12.1. The maximum Gasteiger partial charge on any atom is 0.220 e. The van der Waals surface area contributed by atoms with Crippen LogP contribution < -0.4 is 5.32 Å². The lowest BCUT2D eigenvalue weighted by Gasteiger charge is -2.12. The molecule has 0 saturated carbocycles. The van der Waals surface area contributed by atoms with Crippen molar-refractivity contribution in [2.75, 3.05) is 6.54 Å². The molecular weight excluding hydrogens is 297 g/mol. The van der Waals surface area contributed by atoms with Gasteiger partial charge in [-0.15, -0.1) is 0 Å². The largest absolute Gasteiger partial charge is 0.469 e. The number of hydrogen-bond donors (Lipinski definition) is 2. The van der Waals surface area contributed by atoms with Crippen LogP contribution in [0.2, 0.25) is 5.02 Å². The zero-order valence-electron chi connectivity index (χ0n) is 11.2. The maximum absolute atomic E-state index is 13.3. The summed E-state index contributed by atoms with van der Waals surface area (Å²) in [5.74, 6) is -0.0808. The molecule has 4 nitrogen and oxygen atoms in total. The number of aryl methyl sites for hydroxylation is 1. The van der Waals surface area contributed by atoms with Crippen LogP contribution >= 0.6 is 11.6 Å². The summed E-state index contributed by atoms with van der Waals surface area (Å²) in [7, 11) is 0. The fourth-order valence-corrected chi connectivity index (χ4v) is 1.95. The van der Waals surface area contributed by atoms with Crippen LogP contribution in [-0.4, -0.2) is 17.6 Å². The molecule has 0 bridgehead atoms. The topological polar surface area (TPSA) is 62.5 Å². The second kappa shape index (κ2) is 7.24. The number of aliphatic hydroxyl groups is 1. The van der Waals surface area contributed by atoms with Crippen molar-refractivity contribution < 1.29 is 18.7 Å². The number of rotatable bonds is 6. The summed E-state index contributed by atoms with van der Waals surface area (Å²) < 4.78 is 18.4. The van der Waals surface area contributed by atoms with E-state index in [1.54, 1.807) is 18.4 Å². The summed E-state index contributed by atoms with van der Waals surface area (Å²) in [6.45, 7) is 0.0120. The number of furan rings is 1. The molecule has 0 spiro atoms. The van der Waals surface area contributed by atoms with Crippen molar-refractivity contribution in [2.45, 2.75) is 18.9 Å². The summed E-state index contributed by atoms with van der Waals surface area (Å²) in [4.78, 5) is 11.6. The number of amides is 1. The van der Waals surface area contributed by atoms with Gasteiger partial charge in [0.15, 0.2) is 0 Å². The molecule has 6 heteroatoms. The highest BCUT2D eigenvalue weighted by molar-refractivity contribution is 6.30. The third-order valence-corrected chi connectivity index (χ3v) is 3.31. The molecule has 1 atom stereocenters. The Morgan fingerprint density at radius 3 is 2.90 bits per heavy atom. The molecule has 0 fully saturated rings. The van der Waals surface area contributed by atoms with Crippen molar-refractivity contribution >= 4 is 17.5 Å². The molecular formula is C15H15ClFNO3. The van der Waals surface area contributed by atoms with Crippen LogP contribution in [0.25, 0.3) is 0 Å². The van der Waals surface area contributed by atoms with E-state index in [0.29, 0.717) is 12.0 Å². The van der Waals surface area contributed by atoms with Gasteiger partial charge in [0.2, 0.25) is 5.91 Å². The van der Waals surface area contributed by atoms with Gasteiger partial charge in [-0.1, -0.05) is 17.7 Å². The standard InChI is InChI=1S/C15H15ClFNO3/c16-12-5-3-10(8-13(12)17)14(19)9-18-15(20)6-4-11-2-1-7-21-11/h1-3,5,7-8,14,19H,4,6,9H2,(H,18,20). The molecule has 0 radical (unpaired) electrons. The zero-order valence-corrected chi connectivity index (χ0v) is 11.9. The van der Waals surface area contributed by atoms with E-state index in [0.717, 1.165) is 11.8 Å². The summed E-state index contributed by atoms with van der Waals surface area (Å²) >= 11 is 5.57. The average molecular weight is 312 g/mol. The highest BCUT2D eigenvalue weighted by atomic mass is 35.5. The lowest BCUT2D eigenvalue weighted by molar-refractivity contribution is -0.121. The third kappa shape index (κ3) is 4.58. The Hall–Kier alpha value is -1.85. The van der Waals surface area contributed by atoms with Crippen molar-refractivity contribution in [3.8, 4) is 0 Å². The van der Waals surface area contributed by atoms with Gasteiger partial charge >= 0.3 is 0 Å². The van der Waals surface area contributed by atoms with Gasteiger partial charge in [0.05, 0.1) is 17.4 Å². The number of nitrogens with one attached hydrogen (secondary N) is 1. The highest BCUT2D eigenvalue weighted by Gasteiger charge is 2.12. The summed E-state index contributed by atoms with van der Waals surface area (Å²) in [6, 6.07) is 7.59. The Morgan fingerprint density at radius 2 is 2.24 bits per heavy atom. The Balaban J connectivity index is 1.78. The van der Waals surface area contributed by atoms with Crippen LogP contribution in [0.4, 0.5) is 4.39 Å². The zero-order chi connectivity index (χ0) is 15.2. The van der Waals surface area contributed by atoms with Crippen LogP contribution in [0.1, 0.15) is 23.8 Å². The van der Waals surface area contributed by atoms with E-state index in [1.807, 2.05) is 0 Å². The molecule has 1 heterocycles. The maximum atomic E-state index is 13.3. The molecule has 0 aliphatic rings. The predicted molar refractivity (Wildman–Crippen MR) is 76.4 cm³/mol. The number of carbonyl (C=O) groups excluding carboxylic acids is 1.